The Bertz CT molecular complexity index is 582. The molecule has 0 bridgehead atoms. The van der Waals surface area contributed by atoms with Crippen molar-refractivity contribution in [2.45, 2.75) is 13.3 Å². The third kappa shape index (κ3) is 2.57. The van der Waals surface area contributed by atoms with Crippen LogP contribution >= 0.6 is 15.9 Å². The van der Waals surface area contributed by atoms with Gasteiger partial charge < -0.3 is 0 Å². The molecule has 2 heteroatoms. The van der Waals surface area contributed by atoms with Gasteiger partial charge in [0.25, 0.3) is 0 Å². The van der Waals surface area contributed by atoms with Crippen LogP contribution in [0.3, 0.4) is 0 Å². The summed E-state index contributed by atoms with van der Waals surface area (Å²) in [7, 11) is 0. The molecule has 0 N–H and O–H groups in total. The highest BCUT2D eigenvalue weighted by Gasteiger charge is 2.05. The van der Waals surface area contributed by atoms with Crippen molar-refractivity contribution in [1.82, 2.24) is 0 Å². The Labute approximate surface area is 110 Å². The summed E-state index contributed by atoms with van der Waals surface area (Å²) in [5, 5.41) is 8.93. The van der Waals surface area contributed by atoms with Crippen molar-refractivity contribution in [3.8, 4) is 17.2 Å². The summed E-state index contributed by atoms with van der Waals surface area (Å²) in [6.45, 7) is 2.14. The Morgan fingerprint density at radius 1 is 1.18 bits per heavy atom. The minimum Gasteiger partial charge on any atom is -0.192 e. The summed E-state index contributed by atoms with van der Waals surface area (Å²) in [6, 6.07) is 16.2. The smallest absolute Gasteiger partial charge is 0.0991 e. The zero-order valence-corrected chi connectivity index (χ0v) is 11.2. The van der Waals surface area contributed by atoms with Crippen LogP contribution in [0, 0.1) is 11.3 Å². The Kier molecular flexibility index (Phi) is 3.61. The van der Waals surface area contributed by atoms with Crippen LogP contribution in [0.1, 0.15) is 18.1 Å². The van der Waals surface area contributed by atoms with E-state index < -0.39 is 0 Å². The second-order valence-corrected chi connectivity index (χ2v) is 4.76. The SMILES string of the molecule is CCc1ccc(Br)cc1-c1cccc(C#N)c1. The maximum Gasteiger partial charge on any atom is 0.0991 e. The van der Waals surface area contributed by atoms with Crippen LogP contribution in [0.15, 0.2) is 46.9 Å². The molecule has 0 saturated carbocycles. The van der Waals surface area contributed by atoms with E-state index in [1.807, 2.05) is 24.3 Å². The fourth-order valence-electron chi connectivity index (χ4n) is 1.88. The largest absolute Gasteiger partial charge is 0.192 e. The van der Waals surface area contributed by atoms with E-state index >= 15 is 0 Å². The van der Waals surface area contributed by atoms with E-state index in [1.165, 1.54) is 11.1 Å². The lowest BCUT2D eigenvalue weighted by atomic mass is 9.97. The van der Waals surface area contributed by atoms with E-state index in [1.54, 1.807) is 0 Å². The number of halogens is 1. The standard InChI is InChI=1S/C15H12BrN/c1-2-12-6-7-14(16)9-15(12)13-5-3-4-11(8-13)10-17/h3-9H,2H2,1H3. The zero-order valence-electron chi connectivity index (χ0n) is 9.57. The van der Waals surface area contributed by atoms with Crippen LogP contribution in [0.5, 0.6) is 0 Å². The first-order valence-electron chi connectivity index (χ1n) is 5.53. The molecule has 2 aromatic carbocycles. The van der Waals surface area contributed by atoms with Crippen LogP contribution in [-0.4, -0.2) is 0 Å². The summed E-state index contributed by atoms with van der Waals surface area (Å²) in [5.74, 6) is 0. The summed E-state index contributed by atoms with van der Waals surface area (Å²) in [5.41, 5.74) is 4.29. The lowest BCUT2D eigenvalue weighted by molar-refractivity contribution is 1.14. The highest BCUT2D eigenvalue weighted by atomic mass is 79.9. The van der Waals surface area contributed by atoms with Crippen molar-refractivity contribution in [3.63, 3.8) is 0 Å². The van der Waals surface area contributed by atoms with Gasteiger partial charge in [-0.15, -0.1) is 0 Å². The van der Waals surface area contributed by atoms with E-state index in [9.17, 15) is 0 Å². The number of hydrogen-bond donors (Lipinski definition) is 0. The van der Waals surface area contributed by atoms with Gasteiger partial charge in [0.05, 0.1) is 11.6 Å². The lowest BCUT2D eigenvalue weighted by Crippen LogP contribution is -1.88. The molecule has 0 aromatic heterocycles. The summed E-state index contributed by atoms with van der Waals surface area (Å²) < 4.78 is 1.06. The molecule has 84 valence electrons. The molecule has 17 heavy (non-hydrogen) atoms. The molecule has 0 atom stereocenters. The topological polar surface area (TPSA) is 23.8 Å². The Balaban J connectivity index is 2.59. The third-order valence-electron chi connectivity index (χ3n) is 2.76. The minimum absolute atomic E-state index is 0.699. The van der Waals surface area contributed by atoms with Crippen molar-refractivity contribution in [3.05, 3.63) is 58.1 Å². The van der Waals surface area contributed by atoms with Crippen molar-refractivity contribution >= 4 is 15.9 Å². The molecule has 0 unspecified atom stereocenters. The summed E-state index contributed by atoms with van der Waals surface area (Å²) >= 11 is 3.49. The quantitative estimate of drug-likeness (QED) is 0.794. The first-order valence-corrected chi connectivity index (χ1v) is 6.33. The maximum absolute atomic E-state index is 8.93. The molecule has 0 spiro atoms. The van der Waals surface area contributed by atoms with E-state index in [4.69, 9.17) is 5.26 Å². The van der Waals surface area contributed by atoms with Gasteiger partial charge in [-0.1, -0.05) is 41.1 Å². The molecule has 0 amide bonds. The maximum atomic E-state index is 8.93. The predicted octanol–water partition coefficient (Wildman–Crippen LogP) is 4.55. The van der Waals surface area contributed by atoms with Gasteiger partial charge in [0, 0.05) is 4.47 Å². The van der Waals surface area contributed by atoms with E-state index in [2.05, 4.69) is 47.1 Å². The van der Waals surface area contributed by atoms with Crippen molar-refractivity contribution in [2.24, 2.45) is 0 Å². The lowest BCUT2D eigenvalue weighted by Gasteiger charge is -2.09. The van der Waals surface area contributed by atoms with Gasteiger partial charge in [0.2, 0.25) is 0 Å². The highest BCUT2D eigenvalue weighted by Crippen LogP contribution is 2.28. The highest BCUT2D eigenvalue weighted by molar-refractivity contribution is 9.10. The number of rotatable bonds is 2. The molecule has 2 aromatic rings. The number of nitrogens with zero attached hydrogens (tertiary/aromatic N) is 1. The number of nitriles is 1. The van der Waals surface area contributed by atoms with Crippen LogP contribution in [0.2, 0.25) is 0 Å². The van der Waals surface area contributed by atoms with Gasteiger partial charge in [-0.2, -0.15) is 5.26 Å². The summed E-state index contributed by atoms with van der Waals surface area (Å²) in [6.07, 6.45) is 0.986. The number of benzene rings is 2. The average Bonchev–Trinajstić information content (AvgIpc) is 2.39. The van der Waals surface area contributed by atoms with Gasteiger partial charge in [-0.25, -0.2) is 0 Å². The molecule has 0 fully saturated rings. The Hall–Kier alpha value is -1.59. The van der Waals surface area contributed by atoms with Crippen LogP contribution in [-0.2, 0) is 6.42 Å². The molecule has 0 heterocycles. The van der Waals surface area contributed by atoms with Crippen molar-refractivity contribution in [2.75, 3.05) is 0 Å². The molecule has 0 aliphatic rings. The normalized spacial score (nSPS) is 9.94. The van der Waals surface area contributed by atoms with Crippen LogP contribution in [0.25, 0.3) is 11.1 Å². The first-order chi connectivity index (χ1) is 8.24. The average molecular weight is 286 g/mol. The number of aryl methyl sites for hydroxylation is 1. The molecular weight excluding hydrogens is 274 g/mol. The predicted molar refractivity (Wildman–Crippen MR) is 73.7 cm³/mol. The van der Waals surface area contributed by atoms with Gasteiger partial charge in [-0.05, 0) is 47.4 Å². The molecule has 1 nitrogen and oxygen atoms in total. The number of hydrogen-bond acceptors (Lipinski definition) is 1. The third-order valence-corrected chi connectivity index (χ3v) is 3.25. The monoisotopic (exact) mass is 285 g/mol. The zero-order chi connectivity index (χ0) is 12.3. The molecule has 0 radical (unpaired) electrons. The Morgan fingerprint density at radius 3 is 2.71 bits per heavy atom. The fourth-order valence-corrected chi connectivity index (χ4v) is 2.24. The second kappa shape index (κ2) is 5.16. The van der Waals surface area contributed by atoms with Crippen LogP contribution in [0.4, 0.5) is 0 Å². The first kappa shape index (κ1) is 11.9. The van der Waals surface area contributed by atoms with E-state index in [0.717, 1.165) is 16.5 Å². The molecule has 0 saturated heterocycles. The molecular formula is C15H12BrN. The van der Waals surface area contributed by atoms with Crippen molar-refractivity contribution < 1.29 is 0 Å². The molecule has 0 aliphatic heterocycles. The van der Waals surface area contributed by atoms with Gasteiger partial charge in [-0.3, -0.25) is 0 Å². The fraction of sp³-hybridized carbons (Fsp3) is 0.133. The van der Waals surface area contributed by atoms with E-state index in [0.29, 0.717) is 5.56 Å². The van der Waals surface area contributed by atoms with Gasteiger partial charge in [0.15, 0.2) is 0 Å². The molecule has 0 aliphatic carbocycles. The van der Waals surface area contributed by atoms with Crippen molar-refractivity contribution in [1.29, 1.82) is 5.26 Å². The molecule has 2 rings (SSSR count). The van der Waals surface area contributed by atoms with Gasteiger partial charge in [0.1, 0.15) is 0 Å². The van der Waals surface area contributed by atoms with Gasteiger partial charge >= 0.3 is 0 Å². The second-order valence-electron chi connectivity index (χ2n) is 3.85. The minimum atomic E-state index is 0.699. The Morgan fingerprint density at radius 2 is 2.00 bits per heavy atom. The van der Waals surface area contributed by atoms with Crippen LogP contribution < -0.4 is 0 Å². The summed E-state index contributed by atoms with van der Waals surface area (Å²) in [4.78, 5) is 0. The van der Waals surface area contributed by atoms with E-state index in [-0.39, 0.29) is 0 Å².